The van der Waals surface area contributed by atoms with E-state index in [2.05, 4.69) is 25.8 Å². The van der Waals surface area contributed by atoms with Crippen molar-refractivity contribution in [2.45, 2.75) is 70.4 Å². The highest BCUT2D eigenvalue weighted by Crippen LogP contribution is 2.70. The van der Waals surface area contributed by atoms with Crippen molar-refractivity contribution in [3.8, 4) is 12.3 Å². The molecular weight excluding hydrogens is 364 g/mol. The van der Waals surface area contributed by atoms with Crippen molar-refractivity contribution in [3.05, 3.63) is 11.6 Å². The molecule has 0 N–H and O–H groups in total. The average molecular weight is 399 g/mol. The zero-order valence-electron chi connectivity index (χ0n) is 17.9. The van der Waals surface area contributed by atoms with Gasteiger partial charge in [0.2, 0.25) is 0 Å². The number of allylic oxidation sites excluding steroid dienone is 1. The molecule has 4 heteroatoms. The molecule has 2 heterocycles. The van der Waals surface area contributed by atoms with E-state index in [0.29, 0.717) is 17.8 Å². The van der Waals surface area contributed by atoms with Gasteiger partial charge in [0.05, 0.1) is 26.4 Å². The van der Waals surface area contributed by atoms with E-state index in [9.17, 15) is 0 Å². The Balaban J connectivity index is 1.38. The molecule has 6 atom stereocenters. The van der Waals surface area contributed by atoms with Crippen LogP contribution in [0.25, 0.3) is 0 Å². The van der Waals surface area contributed by atoms with Gasteiger partial charge in [-0.3, -0.25) is 0 Å². The summed E-state index contributed by atoms with van der Waals surface area (Å²) in [5.41, 5.74) is 1.73. The van der Waals surface area contributed by atoms with Crippen molar-refractivity contribution in [2.75, 3.05) is 26.4 Å². The molecule has 0 bridgehead atoms. The number of hydrogen-bond acceptors (Lipinski definition) is 4. The Morgan fingerprint density at radius 3 is 2.45 bits per heavy atom. The zero-order chi connectivity index (χ0) is 19.9. The topological polar surface area (TPSA) is 36.9 Å². The monoisotopic (exact) mass is 398 g/mol. The normalized spacial score (nSPS) is 49.3. The molecule has 0 aromatic carbocycles. The van der Waals surface area contributed by atoms with E-state index in [-0.39, 0.29) is 22.5 Å². The minimum absolute atomic E-state index is 0.0248. The third-order valence-electron chi connectivity index (χ3n) is 9.90. The summed E-state index contributed by atoms with van der Waals surface area (Å²) in [4.78, 5) is 0. The lowest BCUT2D eigenvalue weighted by molar-refractivity contribution is -0.248. The molecule has 6 rings (SSSR count). The molecule has 0 aromatic heterocycles. The molecule has 4 aliphatic carbocycles. The van der Waals surface area contributed by atoms with E-state index in [0.717, 1.165) is 65.0 Å². The van der Waals surface area contributed by atoms with Crippen LogP contribution in [0.2, 0.25) is 0 Å². The van der Waals surface area contributed by atoms with Crippen LogP contribution in [0, 0.1) is 46.8 Å². The van der Waals surface area contributed by atoms with Crippen molar-refractivity contribution in [2.24, 2.45) is 34.5 Å². The molecule has 2 aliphatic heterocycles. The zero-order valence-corrected chi connectivity index (χ0v) is 17.9. The van der Waals surface area contributed by atoms with Crippen molar-refractivity contribution >= 4 is 0 Å². The molecule has 29 heavy (non-hydrogen) atoms. The molecule has 4 nitrogen and oxygen atoms in total. The quantitative estimate of drug-likeness (QED) is 0.450. The van der Waals surface area contributed by atoms with Gasteiger partial charge in [-0.05, 0) is 48.9 Å². The highest BCUT2D eigenvalue weighted by molar-refractivity contribution is 5.30. The maximum atomic E-state index is 6.30. The Kier molecular flexibility index (Phi) is 3.97. The predicted octanol–water partition coefficient (Wildman–Crippen LogP) is 4.29. The Bertz CT molecular complexity index is 768. The molecule has 0 radical (unpaired) electrons. The highest BCUT2D eigenvalue weighted by atomic mass is 16.7. The summed E-state index contributed by atoms with van der Waals surface area (Å²) in [5.74, 6) is 4.57. The molecule has 0 aromatic rings. The third kappa shape index (κ3) is 2.31. The first-order valence-electron chi connectivity index (χ1n) is 11.7. The minimum Gasteiger partial charge on any atom is -0.347 e. The summed E-state index contributed by atoms with van der Waals surface area (Å²) in [6.45, 7) is 7.80. The van der Waals surface area contributed by atoms with Crippen molar-refractivity contribution in [1.82, 2.24) is 0 Å². The van der Waals surface area contributed by atoms with Crippen LogP contribution in [0.15, 0.2) is 11.6 Å². The summed E-state index contributed by atoms with van der Waals surface area (Å²) >= 11 is 0. The smallest absolute Gasteiger partial charge is 0.174 e. The second-order valence-corrected chi connectivity index (χ2v) is 10.8. The lowest BCUT2D eigenvalue weighted by atomic mass is 9.44. The largest absolute Gasteiger partial charge is 0.347 e. The molecule has 2 saturated heterocycles. The summed E-state index contributed by atoms with van der Waals surface area (Å²) in [7, 11) is 0. The van der Waals surface area contributed by atoms with Gasteiger partial charge in [-0.2, -0.15) is 0 Å². The van der Waals surface area contributed by atoms with Crippen LogP contribution >= 0.6 is 0 Å². The number of ether oxygens (including phenoxy) is 4. The SMILES string of the molecule is C#C[C@H]1C[C@@]2(C)[C@@H](CCC23OCCO3)[C@@H]2CC=C3CC4(CC[C@]3(C)[C@H]21)OCCO4. The Labute approximate surface area is 174 Å². The summed E-state index contributed by atoms with van der Waals surface area (Å²) in [5, 5.41) is 0. The van der Waals surface area contributed by atoms with Crippen LogP contribution in [0.4, 0.5) is 0 Å². The van der Waals surface area contributed by atoms with Gasteiger partial charge in [-0.15, -0.1) is 12.3 Å². The molecular formula is C25H34O4. The Morgan fingerprint density at radius 1 is 1.00 bits per heavy atom. The van der Waals surface area contributed by atoms with Crippen LogP contribution < -0.4 is 0 Å². The van der Waals surface area contributed by atoms with Crippen LogP contribution in [0.1, 0.15) is 58.8 Å². The fraction of sp³-hybridized carbons (Fsp3) is 0.840. The fourth-order valence-corrected chi connectivity index (χ4v) is 8.58. The number of rotatable bonds is 0. The maximum Gasteiger partial charge on any atom is 0.174 e. The van der Waals surface area contributed by atoms with Gasteiger partial charge in [0.25, 0.3) is 0 Å². The molecule has 0 amide bonds. The van der Waals surface area contributed by atoms with Crippen LogP contribution in [-0.4, -0.2) is 38.0 Å². The van der Waals surface area contributed by atoms with E-state index in [1.54, 1.807) is 0 Å². The minimum atomic E-state index is -0.398. The van der Waals surface area contributed by atoms with Crippen LogP contribution in [0.3, 0.4) is 0 Å². The number of terminal acetylenes is 1. The molecule has 3 saturated carbocycles. The van der Waals surface area contributed by atoms with Crippen molar-refractivity contribution in [3.63, 3.8) is 0 Å². The van der Waals surface area contributed by atoms with Gasteiger partial charge in [-0.1, -0.05) is 25.5 Å². The second-order valence-electron chi connectivity index (χ2n) is 10.8. The lowest BCUT2D eigenvalue weighted by Gasteiger charge is -2.61. The molecule has 2 spiro atoms. The first-order valence-corrected chi connectivity index (χ1v) is 11.7. The molecule has 5 fully saturated rings. The first-order chi connectivity index (χ1) is 14.0. The highest BCUT2D eigenvalue weighted by Gasteiger charge is 2.69. The second kappa shape index (κ2) is 6.10. The van der Waals surface area contributed by atoms with E-state index in [1.165, 1.54) is 12.0 Å². The Morgan fingerprint density at radius 2 is 1.72 bits per heavy atom. The van der Waals surface area contributed by atoms with Gasteiger partial charge in [0.15, 0.2) is 11.6 Å². The van der Waals surface area contributed by atoms with Gasteiger partial charge in [-0.25, -0.2) is 0 Å². The van der Waals surface area contributed by atoms with Gasteiger partial charge >= 0.3 is 0 Å². The fourth-order valence-electron chi connectivity index (χ4n) is 8.58. The van der Waals surface area contributed by atoms with Crippen LogP contribution in [0.5, 0.6) is 0 Å². The van der Waals surface area contributed by atoms with Gasteiger partial charge in [0, 0.05) is 30.6 Å². The summed E-state index contributed by atoms with van der Waals surface area (Å²) in [6.07, 6.45) is 16.2. The van der Waals surface area contributed by atoms with Crippen molar-refractivity contribution in [1.29, 1.82) is 0 Å². The van der Waals surface area contributed by atoms with Gasteiger partial charge < -0.3 is 18.9 Å². The molecule has 6 aliphatic rings. The maximum absolute atomic E-state index is 6.30. The van der Waals surface area contributed by atoms with E-state index in [1.807, 2.05) is 0 Å². The average Bonchev–Trinajstić information content (AvgIpc) is 3.44. The van der Waals surface area contributed by atoms with Gasteiger partial charge in [0.1, 0.15) is 0 Å². The summed E-state index contributed by atoms with van der Waals surface area (Å²) in [6, 6.07) is 0. The summed E-state index contributed by atoms with van der Waals surface area (Å²) < 4.78 is 24.8. The third-order valence-corrected chi connectivity index (χ3v) is 9.90. The van der Waals surface area contributed by atoms with Crippen LogP contribution in [-0.2, 0) is 18.9 Å². The van der Waals surface area contributed by atoms with E-state index >= 15 is 0 Å². The lowest BCUT2D eigenvalue weighted by Crippen LogP contribution is -2.58. The standard InChI is InChI=1S/C25H34O4/c1-4-17-15-23(3)20(7-8-25(23)28-13-14-29-25)19-6-5-18-16-24(26-11-12-27-24)10-9-22(18,2)21(17)19/h1,5,17,19-21H,6-16H2,2-3H3/t17-,19-,20-,21-,22-,23-/m0/s1. The number of fused-ring (bicyclic) bond motifs is 6. The van der Waals surface area contributed by atoms with E-state index < -0.39 is 5.79 Å². The van der Waals surface area contributed by atoms with E-state index in [4.69, 9.17) is 25.4 Å². The first kappa shape index (κ1) is 18.9. The molecule has 158 valence electrons. The Hall–Kier alpha value is -0.860. The molecule has 0 unspecified atom stereocenters. The predicted molar refractivity (Wildman–Crippen MR) is 109 cm³/mol. The number of hydrogen-bond donors (Lipinski definition) is 0. The van der Waals surface area contributed by atoms with Crippen molar-refractivity contribution < 1.29 is 18.9 Å².